The number of carbonyl (C=O) groups is 1. The molecule has 4 nitrogen and oxygen atoms in total. The molecule has 21 heavy (non-hydrogen) atoms. The molecule has 1 aliphatic heterocycles. The van der Waals surface area contributed by atoms with Gasteiger partial charge in [-0.3, -0.25) is 4.79 Å². The maximum absolute atomic E-state index is 12.2. The average molecular weight is 313 g/mol. The minimum Gasteiger partial charge on any atom is -0.493 e. The smallest absolute Gasteiger partial charge is 0.226 e. The standard InChI is InChI=1S/C16H24N2O2.ClH/c1-12-5-4-6-15(9-12)20-8-7-16(19)18-10-13(2)17-14(3)11-18;/h4-6,9,13-14,17H,7-8,10-11H2,1-3H3;1H. The highest BCUT2D eigenvalue weighted by atomic mass is 35.5. The van der Waals surface area contributed by atoms with Gasteiger partial charge in [0, 0.05) is 25.2 Å². The van der Waals surface area contributed by atoms with Crippen molar-refractivity contribution in [3.63, 3.8) is 0 Å². The van der Waals surface area contributed by atoms with Crippen LogP contribution in [0.1, 0.15) is 25.8 Å². The van der Waals surface area contributed by atoms with Gasteiger partial charge in [-0.15, -0.1) is 12.4 Å². The number of ether oxygens (including phenoxy) is 1. The first-order valence-corrected chi connectivity index (χ1v) is 7.28. The maximum atomic E-state index is 12.2. The van der Waals surface area contributed by atoms with Gasteiger partial charge >= 0.3 is 0 Å². The van der Waals surface area contributed by atoms with Crippen molar-refractivity contribution in [1.82, 2.24) is 10.2 Å². The van der Waals surface area contributed by atoms with Crippen LogP contribution < -0.4 is 10.1 Å². The van der Waals surface area contributed by atoms with E-state index in [1.807, 2.05) is 36.1 Å². The van der Waals surface area contributed by atoms with Crippen molar-refractivity contribution in [3.8, 4) is 5.75 Å². The van der Waals surface area contributed by atoms with Crippen molar-refractivity contribution in [2.45, 2.75) is 39.3 Å². The van der Waals surface area contributed by atoms with E-state index in [2.05, 4.69) is 19.2 Å². The van der Waals surface area contributed by atoms with Gasteiger partial charge in [-0.05, 0) is 38.5 Å². The average Bonchev–Trinajstić information content (AvgIpc) is 2.37. The summed E-state index contributed by atoms with van der Waals surface area (Å²) in [6.45, 7) is 8.26. The van der Waals surface area contributed by atoms with E-state index in [0.717, 1.165) is 18.8 Å². The predicted molar refractivity (Wildman–Crippen MR) is 87.2 cm³/mol. The first-order chi connectivity index (χ1) is 9.54. The molecule has 1 saturated heterocycles. The second-order valence-corrected chi connectivity index (χ2v) is 5.68. The summed E-state index contributed by atoms with van der Waals surface area (Å²) in [6.07, 6.45) is 0.438. The van der Waals surface area contributed by atoms with Gasteiger partial charge in [-0.2, -0.15) is 0 Å². The minimum absolute atomic E-state index is 0. The number of halogens is 1. The zero-order valence-corrected chi connectivity index (χ0v) is 13.8. The van der Waals surface area contributed by atoms with Gasteiger partial charge in [-0.25, -0.2) is 0 Å². The Morgan fingerprint density at radius 3 is 2.62 bits per heavy atom. The monoisotopic (exact) mass is 312 g/mol. The van der Waals surface area contributed by atoms with Crippen molar-refractivity contribution < 1.29 is 9.53 Å². The summed E-state index contributed by atoms with van der Waals surface area (Å²) >= 11 is 0. The van der Waals surface area contributed by atoms with Gasteiger partial charge < -0.3 is 15.0 Å². The second-order valence-electron chi connectivity index (χ2n) is 5.68. The van der Waals surface area contributed by atoms with Crippen LogP contribution in [0.4, 0.5) is 0 Å². The van der Waals surface area contributed by atoms with E-state index < -0.39 is 0 Å². The third-order valence-electron chi connectivity index (χ3n) is 3.48. The lowest BCUT2D eigenvalue weighted by Gasteiger charge is -2.36. The lowest BCUT2D eigenvalue weighted by molar-refractivity contribution is -0.133. The lowest BCUT2D eigenvalue weighted by Crippen LogP contribution is -2.56. The van der Waals surface area contributed by atoms with E-state index in [1.54, 1.807) is 0 Å². The molecule has 0 saturated carbocycles. The summed E-state index contributed by atoms with van der Waals surface area (Å²) < 4.78 is 5.64. The van der Waals surface area contributed by atoms with Crippen molar-refractivity contribution >= 4 is 18.3 Å². The number of hydrogen-bond donors (Lipinski definition) is 1. The normalized spacial score (nSPS) is 21.6. The maximum Gasteiger partial charge on any atom is 0.226 e. The third-order valence-corrected chi connectivity index (χ3v) is 3.48. The Morgan fingerprint density at radius 2 is 2.00 bits per heavy atom. The van der Waals surface area contributed by atoms with Crippen LogP contribution in [0.3, 0.4) is 0 Å². The SMILES string of the molecule is Cc1cccc(OCCC(=O)N2CC(C)NC(C)C2)c1.Cl. The number of rotatable bonds is 4. The molecule has 2 unspecified atom stereocenters. The topological polar surface area (TPSA) is 41.6 Å². The van der Waals surface area contributed by atoms with Gasteiger partial charge in [0.05, 0.1) is 13.0 Å². The molecule has 1 N–H and O–H groups in total. The number of nitrogens with one attached hydrogen (secondary N) is 1. The first kappa shape index (κ1) is 17.8. The van der Waals surface area contributed by atoms with Gasteiger partial charge in [0.25, 0.3) is 0 Å². The number of benzene rings is 1. The van der Waals surface area contributed by atoms with Crippen LogP contribution in [0.15, 0.2) is 24.3 Å². The number of carbonyl (C=O) groups excluding carboxylic acids is 1. The lowest BCUT2D eigenvalue weighted by atomic mass is 10.1. The Balaban J connectivity index is 0.00000220. The highest BCUT2D eigenvalue weighted by Crippen LogP contribution is 2.13. The number of aryl methyl sites for hydroxylation is 1. The molecule has 2 atom stereocenters. The molecule has 1 heterocycles. The fourth-order valence-corrected chi connectivity index (χ4v) is 2.65. The molecular formula is C16H25ClN2O2. The number of nitrogens with zero attached hydrogens (tertiary/aromatic N) is 1. The van der Waals surface area contributed by atoms with E-state index >= 15 is 0 Å². The van der Waals surface area contributed by atoms with Crippen LogP contribution in [-0.4, -0.2) is 42.6 Å². The molecule has 1 aliphatic rings. The molecule has 2 rings (SSSR count). The Bertz CT molecular complexity index is 457. The highest BCUT2D eigenvalue weighted by molar-refractivity contribution is 5.85. The van der Waals surface area contributed by atoms with E-state index in [4.69, 9.17) is 4.74 Å². The Kier molecular flexibility index (Phi) is 6.99. The number of piperazine rings is 1. The fourth-order valence-electron chi connectivity index (χ4n) is 2.65. The van der Waals surface area contributed by atoms with Crippen molar-refractivity contribution in [2.75, 3.05) is 19.7 Å². The minimum atomic E-state index is 0. The molecule has 1 fully saturated rings. The van der Waals surface area contributed by atoms with Crippen LogP contribution >= 0.6 is 12.4 Å². The molecule has 0 aromatic heterocycles. The summed E-state index contributed by atoms with van der Waals surface area (Å²) in [7, 11) is 0. The quantitative estimate of drug-likeness (QED) is 0.928. The molecule has 0 spiro atoms. The summed E-state index contributed by atoms with van der Waals surface area (Å²) in [5.74, 6) is 1.01. The molecule has 1 aromatic carbocycles. The van der Waals surface area contributed by atoms with Gasteiger partial charge in [0.2, 0.25) is 5.91 Å². The largest absolute Gasteiger partial charge is 0.493 e. The van der Waals surface area contributed by atoms with Crippen molar-refractivity contribution in [1.29, 1.82) is 0 Å². The molecular weight excluding hydrogens is 288 g/mol. The van der Waals surface area contributed by atoms with Gasteiger partial charge in [-0.1, -0.05) is 12.1 Å². The molecule has 0 bridgehead atoms. The van der Waals surface area contributed by atoms with E-state index in [0.29, 0.717) is 25.1 Å². The van der Waals surface area contributed by atoms with Gasteiger partial charge in [0.1, 0.15) is 5.75 Å². The Hall–Kier alpha value is -1.26. The summed E-state index contributed by atoms with van der Waals surface area (Å²) in [5.41, 5.74) is 1.17. The summed E-state index contributed by atoms with van der Waals surface area (Å²) in [6, 6.07) is 8.63. The molecule has 5 heteroatoms. The zero-order chi connectivity index (χ0) is 14.5. The third kappa shape index (κ3) is 5.56. The van der Waals surface area contributed by atoms with Crippen LogP contribution in [0, 0.1) is 6.92 Å². The molecule has 0 aliphatic carbocycles. The van der Waals surface area contributed by atoms with Gasteiger partial charge in [0.15, 0.2) is 0 Å². The predicted octanol–water partition coefficient (Wildman–Crippen LogP) is 2.39. The highest BCUT2D eigenvalue weighted by Gasteiger charge is 2.24. The number of hydrogen-bond acceptors (Lipinski definition) is 3. The number of amides is 1. The van der Waals surface area contributed by atoms with Crippen LogP contribution in [0.5, 0.6) is 5.75 Å². The van der Waals surface area contributed by atoms with E-state index in [9.17, 15) is 4.79 Å². The van der Waals surface area contributed by atoms with Crippen LogP contribution in [0.2, 0.25) is 0 Å². The Labute approximate surface area is 133 Å². The van der Waals surface area contributed by atoms with Crippen molar-refractivity contribution in [3.05, 3.63) is 29.8 Å². The second kappa shape index (κ2) is 8.25. The molecule has 118 valence electrons. The summed E-state index contributed by atoms with van der Waals surface area (Å²) in [4.78, 5) is 14.1. The zero-order valence-electron chi connectivity index (χ0n) is 13.0. The van der Waals surface area contributed by atoms with Crippen molar-refractivity contribution in [2.24, 2.45) is 0 Å². The molecule has 1 aromatic rings. The van der Waals surface area contributed by atoms with E-state index in [-0.39, 0.29) is 18.3 Å². The molecule has 0 radical (unpaired) electrons. The van der Waals surface area contributed by atoms with E-state index in [1.165, 1.54) is 5.56 Å². The Morgan fingerprint density at radius 1 is 1.33 bits per heavy atom. The van der Waals surface area contributed by atoms with Crippen LogP contribution in [0.25, 0.3) is 0 Å². The molecule has 1 amide bonds. The van der Waals surface area contributed by atoms with Crippen LogP contribution in [-0.2, 0) is 4.79 Å². The summed E-state index contributed by atoms with van der Waals surface area (Å²) in [5, 5.41) is 3.43. The fraction of sp³-hybridized carbons (Fsp3) is 0.562. The first-order valence-electron chi connectivity index (χ1n) is 7.28.